The van der Waals surface area contributed by atoms with E-state index in [0.29, 0.717) is 16.5 Å². The predicted octanol–water partition coefficient (Wildman–Crippen LogP) is 3.09. The van der Waals surface area contributed by atoms with Crippen LogP contribution < -0.4 is 11.3 Å². The zero-order valence-corrected chi connectivity index (χ0v) is 13.3. The second-order valence-corrected chi connectivity index (χ2v) is 5.71. The van der Waals surface area contributed by atoms with Gasteiger partial charge in [0.05, 0.1) is 11.7 Å². The molecule has 0 radical (unpaired) electrons. The van der Waals surface area contributed by atoms with Gasteiger partial charge in [-0.3, -0.25) is 16.0 Å². The first kappa shape index (κ1) is 15.3. The first-order valence-corrected chi connectivity index (χ1v) is 7.09. The summed E-state index contributed by atoms with van der Waals surface area (Å²) in [5, 5.41) is 5.78. The molecule has 0 spiro atoms. The van der Waals surface area contributed by atoms with Crippen LogP contribution in [-0.4, -0.2) is 9.78 Å². The van der Waals surface area contributed by atoms with Gasteiger partial charge in [-0.15, -0.1) is 0 Å². The number of aromatic nitrogens is 2. The third kappa shape index (κ3) is 2.99. The van der Waals surface area contributed by atoms with Crippen LogP contribution >= 0.6 is 23.2 Å². The molecule has 0 bridgehead atoms. The molecule has 6 heteroatoms. The molecule has 0 saturated carbocycles. The van der Waals surface area contributed by atoms with Crippen molar-refractivity contribution in [2.24, 2.45) is 12.9 Å². The first-order valence-electron chi connectivity index (χ1n) is 6.34. The smallest absolute Gasteiger partial charge is 0.0644 e. The van der Waals surface area contributed by atoms with Gasteiger partial charge in [0.15, 0.2) is 0 Å². The molecule has 1 aromatic carbocycles. The first-order chi connectivity index (χ1) is 9.43. The quantitative estimate of drug-likeness (QED) is 0.674. The summed E-state index contributed by atoms with van der Waals surface area (Å²) in [6.45, 7) is 4.01. The second-order valence-electron chi connectivity index (χ2n) is 4.87. The van der Waals surface area contributed by atoms with Crippen molar-refractivity contribution in [2.75, 3.05) is 0 Å². The van der Waals surface area contributed by atoms with Gasteiger partial charge in [0, 0.05) is 28.4 Å². The largest absolute Gasteiger partial charge is 0.272 e. The highest BCUT2D eigenvalue weighted by Crippen LogP contribution is 2.28. The molecular weight excluding hydrogens is 295 g/mol. The zero-order valence-electron chi connectivity index (χ0n) is 11.7. The number of nitrogens with zero attached hydrogens (tertiary/aromatic N) is 2. The maximum atomic E-state index is 6.22. The van der Waals surface area contributed by atoms with Gasteiger partial charge >= 0.3 is 0 Å². The molecule has 0 fully saturated rings. The molecule has 1 unspecified atom stereocenters. The van der Waals surface area contributed by atoms with E-state index in [0.717, 1.165) is 22.5 Å². The van der Waals surface area contributed by atoms with Gasteiger partial charge in [0.1, 0.15) is 0 Å². The van der Waals surface area contributed by atoms with E-state index in [-0.39, 0.29) is 6.04 Å². The molecule has 3 N–H and O–H groups in total. The Bertz CT molecular complexity index is 622. The van der Waals surface area contributed by atoms with E-state index in [4.69, 9.17) is 29.0 Å². The van der Waals surface area contributed by atoms with E-state index in [1.165, 1.54) is 0 Å². The van der Waals surface area contributed by atoms with Crippen molar-refractivity contribution in [3.05, 3.63) is 50.8 Å². The Kier molecular flexibility index (Phi) is 4.70. The van der Waals surface area contributed by atoms with Crippen LogP contribution in [0.4, 0.5) is 0 Å². The molecular formula is C14H18Cl2N4. The number of hydrogen-bond donors (Lipinski definition) is 2. The summed E-state index contributed by atoms with van der Waals surface area (Å²) >= 11 is 12.3. The molecule has 1 heterocycles. The lowest BCUT2D eigenvalue weighted by atomic mass is 9.98. The lowest BCUT2D eigenvalue weighted by Gasteiger charge is -2.18. The fraction of sp³-hybridized carbons (Fsp3) is 0.357. The second kappa shape index (κ2) is 6.14. The summed E-state index contributed by atoms with van der Waals surface area (Å²) in [7, 11) is 1.92. The van der Waals surface area contributed by atoms with Crippen LogP contribution in [0.1, 0.15) is 28.6 Å². The number of hydrogen-bond acceptors (Lipinski definition) is 3. The molecule has 1 atom stereocenters. The van der Waals surface area contributed by atoms with Crippen molar-refractivity contribution in [1.29, 1.82) is 0 Å². The summed E-state index contributed by atoms with van der Waals surface area (Å²) in [5.74, 6) is 5.72. The monoisotopic (exact) mass is 312 g/mol. The van der Waals surface area contributed by atoms with Gasteiger partial charge in [0.2, 0.25) is 0 Å². The van der Waals surface area contributed by atoms with Crippen molar-refractivity contribution in [3.63, 3.8) is 0 Å². The van der Waals surface area contributed by atoms with Crippen LogP contribution in [0.25, 0.3) is 0 Å². The van der Waals surface area contributed by atoms with Crippen LogP contribution in [-0.2, 0) is 13.5 Å². The fourth-order valence-electron chi connectivity index (χ4n) is 2.46. The van der Waals surface area contributed by atoms with Crippen molar-refractivity contribution in [2.45, 2.75) is 26.3 Å². The summed E-state index contributed by atoms with van der Waals surface area (Å²) in [4.78, 5) is 0. The Hall–Kier alpha value is -1.07. The number of halogens is 2. The average Bonchev–Trinajstić information content (AvgIpc) is 2.65. The fourth-order valence-corrected chi connectivity index (χ4v) is 2.85. The summed E-state index contributed by atoms with van der Waals surface area (Å²) in [6.07, 6.45) is 0.656. The molecule has 1 aromatic heterocycles. The third-order valence-corrected chi connectivity index (χ3v) is 4.15. The number of nitrogens with one attached hydrogen (secondary N) is 1. The Morgan fingerprint density at radius 1 is 1.35 bits per heavy atom. The van der Waals surface area contributed by atoms with Crippen LogP contribution in [0.2, 0.25) is 10.0 Å². The van der Waals surface area contributed by atoms with Gasteiger partial charge in [-0.05, 0) is 44.0 Å². The highest BCUT2D eigenvalue weighted by Gasteiger charge is 2.20. The Morgan fingerprint density at radius 3 is 2.60 bits per heavy atom. The molecule has 0 aliphatic rings. The van der Waals surface area contributed by atoms with E-state index >= 15 is 0 Å². The SMILES string of the molecule is Cc1nn(C)c(C)c1C(Cc1cc(Cl)ccc1Cl)NN. The summed E-state index contributed by atoms with van der Waals surface area (Å²) < 4.78 is 1.86. The van der Waals surface area contributed by atoms with Gasteiger partial charge < -0.3 is 0 Å². The zero-order chi connectivity index (χ0) is 14.9. The maximum Gasteiger partial charge on any atom is 0.0644 e. The van der Waals surface area contributed by atoms with Crippen LogP contribution in [0.3, 0.4) is 0 Å². The molecule has 2 rings (SSSR count). The standard InChI is InChI=1S/C14H18Cl2N4/c1-8-14(9(2)20(3)19-8)13(18-17)7-10-6-11(15)4-5-12(10)16/h4-6,13,18H,7,17H2,1-3H3. The topological polar surface area (TPSA) is 55.9 Å². The maximum absolute atomic E-state index is 6.22. The van der Waals surface area contributed by atoms with Gasteiger partial charge in [0.25, 0.3) is 0 Å². The van der Waals surface area contributed by atoms with Crippen LogP contribution in [0.5, 0.6) is 0 Å². The highest BCUT2D eigenvalue weighted by atomic mass is 35.5. The molecule has 0 amide bonds. The molecule has 0 aliphatic carbocycles. The van der Waals surface area contributed by atoms with Crippen molar-refractivity contribution < 1.29 is 0 Å². The molecule has 0 aliphatic heterocycles. The van der Waals surface area contributed by atoms with Crippen molar-refractivity contribution in [1.82, 2.24) is 15.2 Å². The van der Waals surface area contributed by atoms with E-state index in [1.807, 2.05) is 31.6 Å². The molecule has 0 saturated heterocycles. The van der Waals surface area contributed by atoms with E-state index < -0.39 is 0 Å². The summed E-state index contributed by atoms with van der Waals surface area (Å²) in [6, 6.07) is 5.39. The highest BCUT2D eigenvalue weighted by molar-refractivity contribution is 6.33. The third-order valence-electron chi connectivity index (χ3n) is 3.55. The Balaban J connectivity index is 2.36. The van der Waals surface area contributed by atoms with Crippen molar-refractivity contribution >= 4 is 23.2 Å². The normalized spacial score (nSPS) is 12.7. The number of rotatable bonds is 4. The Morgan fingerprint density at radius 2 is 2.05 bits per heavy atom. The molecule has 4 nitrogen and oxygen atoms in total. The minimum atomic E-state index is -0.0559. The number of benzene rings is 1. The van der Waals surface area contributed by atoms with Gasteiger partial charge in [-0.1, -0.05) is 23.2 Å². The predicted molar refractivity (Wildman–Crippen MR) is 82.9 cm³/mol. The summed E-state index contributed by atoms with van der Waals surface area (Å²) in [5.41, 5.74) is 6.97. The average molecular weight is 313 g/mol. The number of nitrogens with two attached hydrogens (primary N) is 1. The lowest BCUT2D eigenvalue weighted by molar-refractivity contribution is 0.546. The molecule has 20 heavy (non-hydrogen) atoms. The van der Waals surface area contributed by atoms with Crippen LogP contribution in [0.15, 0.2) is 18.2 Å². The Labute approximate surface area is 128 Å². The van der Waals surface area contributed by atoms with Gasteiger partial charge in [-0.2, -0.15) is 5.10 Å². The minimum Gasteiger partial charge on any atom is -0.272 e. The van der Waals surface area contributed by atoms with E-state index in [2.05, 4.69) is 10.5 Å². The van der Waals surface area contributed by atoms with Crippen LogP contribution in [0, 0.1) is 13.8 Å². The minimum absolute atomic E-state index is 0.0559. The number of aryl methyl sites for hydroxylation is 2. The lowest BCUT2D eigenvalue weighted by Crippen LogP contribution is -2.30. The van der Waals surface area contributed by atoms with E-state index in [9.17, 15) is 0 Å². The van der Waals surface area contributed by atoms with Gasteiger partial charge in [-0.25, -0.2) is 0 Å². The molecule has 108 valence electrons. The molecule has 2 aromatic rings. The number of hydrazine groups is 1. The van der Waals surface area contributed by atoms with E-state index in [1.54, 1.807) is 12.1 Å². The van der Waals surface area contributed by atoms with Crippen molar-refractivity contribution in [3.8, 4) is 0 Å².